The molecule has 3 aromatic rings. The molecule has 2 saturated heterocycles. The van der Waals surface area contributed by atoms with Gasteiger partial charge in [0.1, 0.15) is 25.1 Å². The average molecular weight is 652 g/mol. The van der Waals surface area contributed by atoms with Gasteiger partial charge in [0.2, 0.25) is 6.54 Å². The molecule has 1 amide bonds. The van der Waals surface area contributed by atoms with Crippen LogP contribution in [0.5, 0.6) is 6.01 Å². The van der Waals surface area contributed by atoms with Crippen molar-refractivity contribution in [3.8, 4) is 6.01 Å². The summed E-state index contributed by atoms with van der Waals surface area (Å²) < 4.78 is 39.0. The smallest absolute Gasteiger partial charge is 0.318 e. The number of fused-ring (bicyclic) bond motifs is 2. The lowest BCUT2D eigenvalue weighted by Gasteiger charge is -2.46. The predicted octanol–water partition coefficient (Wildman–Crippen LogP) is 4.31. The Morgan fingerprint density at radius 3 is 2.70 bits per heavy atom. The normalized spacial score (nSPS) is 19.0. The van der Waals surface area contributed by atoms with Crippen LogP contribution in [0.15, 0.2) is 48.8 Å². The Kier molecular flexibility index (Phi) is 9.27. The van der Waals surface area contributed by atoms with Crippen LogP contribution in [0.2, 0.25) is 5.02 Å². The van der Waals surface area contributed by atoms with E-state index in [1.807, 2.05) is 47.2 Å². The maximum absolute atomic E-state index is 13.8. The molecule has 0 unspecified atom stereocenters. The third kappa shape index (κ3) is 6.07. The summed E-state index contributed by atoms with van der Waals surface area (Å²) in [5.74, 6) is -1.16. The second-order valence-electron chi connectivity index (χ2n) is 12.0. The molecule has 13 heteroatoms. The van der Waals surface area contributed by atoms with Crippen molar-refractivity contribution in [3.05, 3.63) is 76.5 Å². The molecule has 10 nitrogen and oxygen atoms in total. The predicted molar refractivity (Wildman–Crippen MR) is 173 cm³/mol. The van der Waals surface area contributed by atoms with Crippen LogP contribution in [0.3, 0.4) is 0 Å². The van der Waals surface area contributed by atoms with Crippen LogP contribution < -0.4 is 14.5 Å². The molecule has 0 aliphatic carbocycles. The summed E-state index contributed by atoms with van der Waals surface area (Å²) in [5.41, 5.74) is 2.14. The van der Waals surface area contributed by atoms with Gasteiger partial charge in [0.15, 0.2) is 5.83 Å². The summed E-state index contributed by atoms with van der Waals surface area (Å²) >= 11 is 6.67. The molecule has 4 heterocycles. The fraction of sp³-hybridized carbons (Fsp3) is 0.455. The molecule has 242 valence electrons. The number of amides is 1. The summed E-state index contributed by atoms with van der Waals surface area (Å²) in [7, 11) is 1.85. The Hall–Kier alpha value is -4.05. The highest BCUT2D eigenvalue weighted by Crippen LogP contribution is 2.37. The quantitative estimate of drug-likeness (QED) is 0.237. The molecule has 46 heavy (non-hydrogen) atoms. The van der Waals surface area contributed by atoms with E-state index in [2.05, 4.69) is 22.4 Å². The number of hydrogen-bond donors (Lipinski definition) is 0. The molecule has 0 N–H and O–H groups in total. The molecular weight excluding hydrogens is 616 g/mol. The lowest BCUT2D eigenvalue weighted by atomic mass is 9.97. The van der Waals surface area contributed by atoms with E-state index >= 15 is 0 Å². The summed E-state index contributed by atoms with van der Waals surface area (Å²) in [6.45, 7) is 13.6. The minimum Gasteiger partial charge on any atom is -0.462 e. The van der Waals surface area contributed by atoms with E-state index in [1.54, 1.807) is 0 Å². The van der Waals surface area contributed by atoms with E-state index in [9.17, 15) is 13.6 Å². The second-order valence-corrected chi connectivity index (χ2v) is 12.4. The van der Waals surface area contributed by atoms with E-state index in [4.69, 9.17) is 37.6 Å². The number of aromatic nitrogens is 2. The Bertz CT molecular complexity index is 1670. The number of halogens is 3. The highest BCUT2D eigenvalue weighted by atomic mass is 35.5. The Labute approximate surface area is 272 Å². The molecule has 3 aliphatic rings. The molecule has 1 atom stereocenters. The zero-order chi connectivity index (χ0) is 32.4. The van der Waals surface area contributed by atoms with Gasteiger partial charge in [-0.2, -0.15) is 9.97 Å². The van der Waals surface area contributed by atoms with Crippen molar-refractivity contribution < 1.29 is 23.0 Å². The van der Waals surface area contributed by atoms with Crippen molar-refractivity contribution in [3.63, 3.8) is 0 Å². The van der Waals surface area contributed by atoms with Gasteiger partial charge in [-0.05, 0) is 31.0 Å². The Morgan fingerprint density at radius 1 is 1.22 bits per heavy atom. The summed E-state index contributed by atoms with van der Waals surface area (Å²) in [6.07, 6.45) is 0.640. The fourth-order valence-electron chi connectivity index (χ4n) is 6.44. The van der Waals surface area contributed by atoms with Crippen LogP contribution in [0.25, 0.3) is 15.6 Å². The summed E-state index contributed by atoms with van der Waals surface area (Å²) in [5, 5.41) is 2.69. The number of piperazine rings is 1. The van der Waals surface area contributed by atoms with Crippen LogP contribution in [0, 0.1) is 6.57 Å². The molecule has 3 aliphatic heterocycles. The van der Waals surface area contributed by atoms with Gasteiger partial charge in [-0.3, -0.25) is 9.69 Å². The first-order chi connectivity index (χ1) is 22.2. The van der Waals surface area contributed by atoms with Gasteiger partial charge < -0.3 is 29.0 Å². The van der Waals surface area contributed by atoms with E-state index < -0.39 is 30.0 Å². The molecule has 6 rings (SSSR count). The maximum Gasteiger partial charge on any atom is 0.318 e. The third-order valence-electron chi connectivity index (χ3n) is 9.23. The topological polar surface area (TPSA) is 78.6 Å². The van der Waals surface area contributed by atoms with E-state index in [1.165, 1.54) is 4.90 Å². The maximum atomic E-state index is 13.8. The molecule has 0 saturated carbocycles. The lowest BCUT2D eigenvalue weighted by molar-refractivity contribution is -0.142. The van der Waals surface area contributed by atoms with Crippen LogP contribution in [-0.2, 0) is 22.5 Å². The van der Waals surface area contributed by atoms with Crippen LogP contribution in [-0.4, -0.2) is 110 Å². The van der Waals surface area contributed by atoms with Crippen molar-refractivity contribution in [1.82, 2.24) is 19.8 Å². The van der Waals surface area contributed by atoms with Gasteiger partial charge in [-0.1, -0.05) is 42.4 Å². The monoisotopic (exact) mass is 651 g/mol. The number of carbonyl (C=O) groups is 1. The number of nitrogens with zero attached hydrogens (tertiary/aromatic N) is 7. The number of likely N-dealkylation sites (N-methyl/N-ethyl adjacent to an activating group) is 1. The molecule has 0 spiro atoms. The van der Waals surface area contributed by atoms with Gasteiger partial charge in [0, 0.05) is 49.4 Å². The minimum atomic E-state index is -1.04. The van der Waals surface area contributed by atoms with Crippen molar-refractivity contribution in [1.29, 1.82) is 0 Å². The summed E-state index contributed by atoms with van der Waals surface area (Å²) in [4.78, 5) is 33.3. The van der Waals surface area contributed by atoms with Crippen molar-refractivity contribution in [2.75, 3.05) is 82.6 Å². The number of carbonyl (C=O) groups excluding carboxylic acids is 1. The van der Waals surface area contributed by atoms with E-state index in [0.29, 0.717) is 63.2 Å². The second kappa shape index (κ2) is 13.4. The molecule has 2 aromatic carbocycles. The zero-order valence-electron chi connectivity index (χ0n) is 25.7. The van der Waals surface area contributed by atoms with Crippen LogP contribution in [0.4, 0.5) is 20.3 Å². The standard InChI is InChI=1S/C33H36ClF2N7O3/c1-22(36)31(44)43-13-12-42(17-24(43)16-37-2)30-25-10-11-41(28-9-5-7-23-6-4-8-26(34)29(23)28)18-27(25)38-32(39-30)46-15-14-40(3)33(19-35)20-45-21-33/h4-9,24H,1,10-21H2,3H3/t24-/m0/s1. The molecule has 0 radical (unpaired) electrons. The third-order valence-corrected chi connectivity index (χ3v) is 9.55. The minimum absolute atomic E-state index is 0.0220. The molecule has 1 aromatic heterocycles. The highest BCUT2D eigenvalue weighted by Gasteiger charge is 2.42. The van der Waals surface area contributed by atoms with E-state index in [0.717, 1.165) is 27.7 Å². The van der Waals surface area contributed by atoms with Gasteiger partial charge in [-0.25, -0.2) is 15.4 Å². The van der Waals surface area contributed by atoms with Crippen molar-refractivity contribution in [2.24, 2.45) is 0 Å². The number of ether oxygens (including phenoxy) is 2. The fourth-order valence-corrected chi connectivity index (χ4v) is 6.72. The van der Waals surface area contributed by atoms with Gasteiger partial charge in [0.05, 0.1) is 36.0 Å². The largest absolute Gasteiger partial charge is 0.462 e. The van der Waals surface area contributed by atoms with Gasteiger partial charge in [-0.15, -0.1) is 0 Å². The number of rotatable bonds is 10. The number of anilines is 2. The first-order valence-electron chi connectivity index (χ1n) is 15.3. The number of benzene rings is 2. The number of alkyl halides is 1. The Balaban J connectivity index is 1.30. The molecule has 2 fully saturated rings. The SMILES string of the molecule is [C-]#[N+]C[C@H]1CN(c2nc(OCCN(C)C3(CF)COC3)nc3c2CCN(c2cccc4cccc(Cl)c24)C3)CCN1C(=O)C(=C)F. The van der Waals surface area contributed by atoms with Crippen molar-refractivity contribution >= 4 is 39.8 Å². The molecule has 0 bridgehead atoms. The molecular formula is C33H36ClF2N7O3. The first kappa shape index (κ1) is 31.9. The summed E-state index contributed by atoms with van der Waals surface area (Å²) in [6, 6.07) is 11.6. The lowest BCUT2D eigenvalue weighted by Crippen LogP contribution is -2.63. The first-order valence-corrected chi connectivity index (χ1v) is 15.7. The highest BCUT2D eigenvalue weighted by molar-refractivity contribution is 6.36. The zero-order valence-corrected chi connectivity index (χ0v) is 26.5. The number of hydrogen-bond acceptors (Lipinski definition) is 8. The van der Waals surface area contributed by atoms with Crippen LogP contribution >= 0.6 is 11.6 Å². The van der Waals surface area contributed by atoms with Gasteiger partial charge in [0.25, 0.3) is 5.91 Å². The van der Waals surface area contributed by atoms with Gasteiger partial charge >= 0.3 is 6.01 Å². The van der Waals surface area contributed by atoms with Crippen molar-refractivity contribution in [2.45, 2.75) is 24.5 Å². The average Bonchev–Trinajstić information content (AvgIpc) is 3.03. The van der Waals surface area contributed by atoms with Crippen LogP contribution in [0.1, 0.15) is 11.3 Å². The van der Waals surface area contributed by atoms with E-state index in [-0.39, 0.29) is 25.7 Å². The Morgan fingerprint density at radius 2 is 2.00 bits per heavy atom.